The average Bonchev–Trinajstić information content (AvgIpc) is 2.25. The Kier molecular flexibility index (Phi) is 4.62. The fourth-order valence-corrected chi connectivity index (χ4v) is 2.53. The molecule has 0 atom stereocenters. The topological polar surface area (TPSA) is 82.0 Å². The quantitative estimate of drug-likeness (QED) is 0.895. The van der Waals surface area contributed by atoms with Crippen molar-refractivity contribution in [3.05, 3.63) is 29.3 Å². The molecule has 5 nitrogen and oxygen atoms in total. The summed E-state index contributed by atoms with van der Waals surface area (Å²) in [4.78, 5) is 0. The van der Waals surface area contributed by atoms with Crippen molar-refractivity contribution in [2.24, 2.45) is 0 Å². The highest BCUT2D eigenvalue weighted by Crippen LogP contribution is 2.31. The molecule has 20 heavy (non-hydrogen) atoms. The second-order valence-corrected chi connectivity index (χ2v) is 5.69. The van der Waals surface area contributed by atoms with Gasteiger partial charge in [-0.2, -0.15) is 31.6 Å². The van der Waals surface area contributed by atoms with E-state index < -0.39 is 33.6 Å². The summed E-state index contributed by atoms with van der Waals surface area (Å²) in [5.41, 5.74) is -1.64. The standard InChI is InChI=1S/C11H12F3N3O2S/c1-7(2)16-20(18,19)17-10-4-3-9(11(12,13)14)5-8(10)6-15/h3-5,7,16-17H,1-2H3. The summed E-state index contributed by atoms with van der Waals surface area (Å²) in [6.45, 7) is 3.16. The van der Waals surface area contributed by atoms with Crippen LogP contribution in [0.4, 0.5) is 18.9 Å². The Morgan fingerprint density at radius 3 is 2.35 bits per heavy atom. The van der Waals surface area contributed by atoms with Gasteiger partial charge in [-0.25, -0.2) is 0 Å². The number of nitrogens with one attached hydrogen (secondary N) is 2. The van der Waals surface area contributed by atoms with E-state index in [1.54, 1.807) is 13.8 Å². The van der Waals surface area contributed by atoms with Gasteiger partial charge in [0, 0.05) is 6.04 Å². The van der Waals surface area contributed by atoms with E-state index in [0.29, 0.717) is 12.1 Å². The lowest BCUT2D eigenvalue weighted by Gasteiger charge is -2.14. The van der Waals surface area contributed by atoms with Crippen molar-refractivity contribution in [3.8, 4) is 6.07 Å². The number of halogens is 3. The molecule has 1 aromatic carbocycles. The van der Waals surface area contributed by atoms with Crippen LogP contribution < -0.4 is 9.44 Å². The minimum absolute atomic E-state index is 0.214. The molecule has 0 heterocycles. The van der Waals surface area contributed by atoms with Crippen molar-refractivity contribution >= 4 is 15.9 Å². The van der Waals surface area contributed by atoms with Gasteiger partial charge in [-0.1, -0.05) is 0 Å². The molecule has 1 aromatic rings. The molecule has 0 aliphatic heterocycles. The predicted octanol–water partition coefficient (Wildman–Crippen LogP) is 2.23. The summed E-state index contributed by atoms with van der Waals surface area (Å²) < 4.78 is 64.9. The normalized spacial score (nSPS) is 12.2. The monoisotopic (exact) mass is 307 g/mol. The Morgan fingerprint density at radius 2 is 1.90 bits per heavy atom. The van der Waals surface area contributed by atoms with E-state index in [4.69, 9.17) is 5.26 Å². The number of hydrogen-bond donors (Lipinski definition) is 2. The third-order valence-corrected chi connectivity index (χ3v) is 3.37. The Bertz CT molecular complexity index is 633. The molecule has 0 amide bonds. The fourth-order valence-electron chi connectivity index (χ4n) is 1.39. The zero-order valence-corrected chi connectivity index (χ0v) is 11.4. The van der Waals surface area contributed by atoms with Crippen molar-refractivity contribution < 1.29 is 21.6 Å². The first-order chi connectivity index (χ1) is 9.05. The van der Waals surface area contributed by atoms with E-state index in [-0.39, 0.29) is 5.69 Å². The van der Waals surface area contributed by atoms with E-state index >= 15 is 0 Å². The Labute approximate surface area is 114 Å². The van der Waals surface area contributed by atoms with Gasteiger partial charge in [0.05, 0.1) is 16.8 Å². The van der Waals surface area contributed by atoms with Crippen molar-refractivity contribution in [3.63, 3.8) is 0 Å². The van der Waals surface area contributed by atoms with Crippen LogP contribution in [-0.4, -0.2) is 14.5 Å². The molecule has 2 N–H and O–H groups in total. The molecule has 0 saturated heterocycles. The molecule has 0 bridgehead atoms. The molecule has 0 aliphatic carbocycles. The van der Waals surface area contributed by atoms with E-state index in [0.717, 1.165) is 6.07 Å². The van der Waals surface area contributed by atoms with Gasteiger partial charge in [-0.15, -0.1) is 0 Å². The van der Waals surface area contributed by atoms with Crippen LogP contribution in [0, 0.1) is 11.3 Å². The maximum atomic E-state index is 12.5. The number of nitrogens with zero attached hydrogens (tertiary/aromatic N) is 1. The van der Waals surface area contributed by atoms with Gasteiger partial charge >= 0.3 is 6.18 Å². The minimum atomic E-state index is -4.60. The molecule has 9 heteroatoms. The Hall–Kier alpha value is -1.79. The van der Waals surface area contributed by atoms with E-state index in [1.165, 1.54) is 6.07 Å². The molecule has 0 spiro atoms. The summed E-state index contributed by atoms with van der Waals surface area (Å²) in [6, 6.07) is 3.33. The van der Waals surface area contributed by atoms with Gasteiger partial charge in [0.25, 0.3) is 10.2 Å². The van der Waals surface area contributed by atoms with Crippen LogP contribution in [-0.2, 0) is 16.4 Å². The highest BCUT2D eigenvalue weighted by atomic mass is 32.2. The van der Waals surface area contributed by atoms with Crippen LogP contribution in [0.1, 0.15) is 25.0 Å². The van der Waals surface area contributed by atoms with Crippen molar-refractivity contribution in [1.82, 2.24) is 4.72 Å². The maximum Gasteiger partial charge on any atom is 0.416 e. The molecular weight excluding hydrogens is 295 g/mol. The maximum absolute atomic E-state index is 12.5. The van der Waals surface area contributed by atoms with E-state index in [2.05, 4.69) is 4.72 Å². The molecule has 1 rings (SSSR count). The molecule has 0 unspecified atom stereocenters. The van der Waals surface area contributed by atoms with Gasteiger partial charge in [0.15, 0.2) is 0 Å². The van der Waals surface area contributed by atoms with Gasteiger partial charge in [-0.3, -0.25) is 4.72 Å². The first-order valence-corrected chi connectivity index (χ1v) is 6.95. The van der Waals surface area contributed by atoms with Crippen molar-refractivity contribution in [2.45, 2.75) is 26.1 Å². The zero-order chi connectivity index (χ0) is 15.6. The van der Waals surface area contributed by atoms with Crippen LogP contribution >= 0.6 is 0 Å². The van der Waals surface area contributed by atoms with Crippen molar-refractivity contribution in [1.29, 1.82) is 5.26 Å². The predicted molar refractivity (Wildman–Crippen MR) is 67.0 cm³/mol. The van der Waals surface area contributed by atoms with Crippen LogP contribution in [0.5, 0.6) is 0 Å². The lowest BCUT2D eigenvalue weighted by Crippen LogP contribution is -2.35. The second-order valence-electron chi connectivity index (χ2n) is 4.25. The molecule has 0 aromatic heterocycles. The molecule has 0 aliphatic rings. The summed E-state index contributed by atoms with van der Waals surface area (Å²) in [6.07, 6.45) is -4.60. The molecule has 0 fully saturated rings. The van der Waals surface area contributed by atoms with Gasteiger partial charge in [0.1, 0.15) is 6.07 Å². The number of anilines is 1. The SMILES string of the molecule is CC(C)NS(=O)(=O)Nc1ccc(C(F)(F)F)cc1C#N. The van der Waals surface area contributed by atoms with Crippen LogP contribution in [0.3, 0.4) is 0 Å². The third-order valence-electron chi connectivity index (χ3n) is 2.10. The largest absolute Gasteiger partial charge is 0.416 e. The molecule has 0 radical (unpaired) electrons. The van der Waals surface area contributed by atoms with Gasteiger partial charge in [-0.05, 0) is 32.0 Å². The van der Waals surface area contributed by atoms with E-state index in [1.807, 2.05) is 4.72 Å². The minimum Gasteiger partial charge on any atom is -0.270 e. The third kappa shape index (κ3) is 4.40. The highest BCUT2D eigenvalue weighted by Gasteiger charge is 2.31. The number of benzene rings is 1. The summed E-state index contributed by atoms with van der Waals surface area (Å²) >= 11 is 0. The second kappa shape index (κ2) is 5.68. The Morgan fingerprint density at radius 1 is 1.30 bits per heavy atom. The highest BCUT2D eigenvalue weighted by molar-refractivity contribution is 7.90. The summed E-state index contributed by atoms with van der Waals surface area (Å²) in [7, 11) is -3.95. The Balaban J connectivity index is 3.13. The lowest BCUT2D eigenvalue weighted by atomic mass is 10.1. The lowest BCUT2D eigenvalue weighted by molar-refractivity contribution is -0.137. The number of alkyl halides is 3. The first kappa shape index (κ1) is 16.3. The first-order valence-electron chi connectivity index (χ1n) is 5.46. The zero-order valence-electron chi connectivity index (χ0n) is 10.6. The van der Waals surface area contributed by atoms with Crippen LogP contribution in [0.2, 0.25) is 0 Å². The summed E-state index contributed by atoms with van der Waals surface area (Å²) in [5.74, 6) is 0. The van der Waals surface area contributed by atoms with E-state index in [9.17, 15) is 21.6 Å². The number of nitriles is 1. The molecular formula is C11H12F3N3O2S. The van der Waals surface area contributed by atoms with Crippen LogP contribution in [0.25, 0.3) is 0 Å². The number of hydrogen-bond acceptors (Lipinski definition) is 3. The molecule has 0 saturated carbocycles. The smallest absolute Gasteiger partial charge is 0.270 e. The average molecular weight is 307 g/mol. The molecule has 110 valence electrons. The fraction of sp³-hybridized carbons (Fsp3) is 0.364. The van der Waals surface area contributed by atoms with Gasteiger partial charge < -0.3 is 0 Å². The number of rotatable bonds is 4. The van der Waals surface area contributed by atoms with Crippen LogP contribution in [0.15, 0.2) is 18.2 Å². The van der Waals surface area contributed by atoms with Crippen molar-refractivity contribution in [2.75, 3.05) is 4.72 Å². The van der Waals surface area contributed by atoms with Gasteiger partial charge in [0.2, 0.25) is 0 Å². The summed E-state index contributed by atoms with van der Waals surface area (Å²) in [5, 5.41) is 8.81.